The molecule has 2 aliphatic rings. The molecule has 0 aliphatic carbocycles. The van der Waals surface area contributed by atoms with E-state index in [1.54, 1.807) is 5.56 Å². The van der Waals surface area contributed by atoms with E-state index in [4.69, 9.17) is 0 Å². The second-order valence-electron chi connectivity index (χ2n) is 5.98. The van der Waals surface area contributed by atoms with E-state index in [1.165, 1.54) is 24.4 Å². The van der Waals surface area contributed by atoms with Crippen molar-refractivity contribution in [3.8, 4) is 0 Å². The molecule has 0 amide bonds. The minimum atomic E-state index is 0.264. The molecule has 1 unspecified atom stereocenters. The first-order valence-corrected chi connectivity index (χ1v) is 6.42. The molecule has 17 heavy (non-hydrogen) atoms. The molecule has 2 nitrogen and oxygen atoms in total. The van der Waals surface area contributed by atoms with Crippen molar-refractivity contribution in [2.45, 2.75) is 26.3 Å². The second kappa shape index (κ2) is 3.34. The van der Waals surface area contributed by atoms with Crippen LogP contribution in [-0.2, 0) is 6.42 Å². The summed E-state index contributed by atoms with van der Waals surface area (Å²) in [5, 5.41) is 0. The lowest BCUT2D eigenvalue weighted by Gasteiger charge is -2.52. The zero-order valence-corrected chi connectivity index (χ0v) is 11.2. The normalized spacial score (nSPS) is 24.8. The van der Waals surface area contributed by atoms with Crippen molar-refractivity contribution in [2.75, 3.05) is 20.6 Å². The van der Waals surface area contributed by atoms with Gasteiger partial charge in [0.05, 0.1) is 20.6 Å². The molecule has 0 bridgehead atoms. The molecule has 2 aliphatic heterocycles. The maximum Gasteiger partial charge on any atom is 0.257 e. The fraction of sp³-hybridized carbons (Fsp3) is 0.533. The van der Waals surface area contributed by atoms with E-state index in [1.807, 2.05) is 0 Å². The fourth-order valence-corrected chi connectivity index (χ4v) is 3.83. The molecule has 1 atom stereocenters. The van der Waals surface area contributed by atoms with E-state index in [0.717, 1.165) is 0 Å². The molecule has 2 heteroatoms. The summed E-state index contributed by atoms with van der Waals surface area (Å²) in [6.07, 6.45) is 1.18. The quantitative estimate of drug-likeness (QED) is 0.619. The molecule has 1 fully saturated rings. The predicted octanol–water partition coefficient (Wildman–Crippen LogP) is 2.30. The van der Waals surface area contributed by atoms with Crippen molar-refractivity contribution >= 4 is 5.84 Å². The van der Waals surface area contributed by atoms with Gasteiger partial charge in [-0.1, -0.05) is 24.3 Å². The van der Waals surface area contributed by atoms with Crippen LogP contribution in [0.3, 0.4) is 0 Å². The molecule has 2 heterocycles. The first-order chi connectivity index (χ1) is 8.03. The molecule has 0 aromatic heterocycles. The smallest absolute Gasteiger partial charge is 0.257 e. The Labute approximate surface area is 104 Å². The Morgan fingerprint density at radius 3 is 2.65 bits per heavy atom. The highest BCUT2D eigenvalue weighted by Crippen LogP contribution is 2.52. The van der Waals surface area contributed by atoms with Gasteiger partial charge in [-0.15, -0.1) is 0 Å². The molecular formula is C15H21N2+. The highest BCUT2D eigenvalue weighted by Gasteiger charge is 2.61. The Bertz CT molecular complexity index is 495. The predicted molar refractivity (Wildman–Crippen MR) is 70.5 cm³/mol. The highest BCUT2D eigenvalue weighted by atomic mass is 15.3. The van der Waals surface area contributed by atoms with Crippen molar-refractivity contribution in [1.29, 1.82) is 0 Å². The molecule has 90 valence electrons. The molecule has 1 aromatic rings. The lowest BCUT2D eigenvalue weighted by atomic mass is 9.67. The van der Waals surface area contributed by atoms with Crippen molar-refractivity contribution in [1.82, 2.24) is 4.90 Å². The van der Waals surface area contributed by atoms with Gasteiger partial charge in [-0.3, -0.25) is 9.48 Å². The lowest BCUT2D eigenvalue weighted by molar-refractivity contribution is -0.481. The minimum Gasteiger partial charge on any atom is -0.270 e. The Hall–Kier alpha value is -1.31. The Morgan fingerprint density at radius 1 is 1.24 bits per heavy atom. The third-order valence-electron chi connectivity index (χ3n) is 4.24. The van der Waals surface area contributed by atoms with Crippen LogP contribution in [-0.4, -0.2) is 36.0 Å². The number of rotatable bonds is 0. The van der Waals surface area contributed by atoms with Crippen LogP contribution in [0.25, 0.3) is 0 Å². The van der Waals surface area contributed by atoms with Gasteiger partial charge in [-0.2, -0.15) is 0 Å². The maximum absolute atomic E-state index is 2.57. The molecule has 0 spiro atoms. The molecule has 1 saturated heterocycles. The van der Waals surface area contributed by atoms with E-state index in [0.29, 0.717) is 6.04 Å². The minimum absolute atomic E-state index is 0.264. The topological polar surface area (TPSA) is 6.25 Å². The first-order valence-electron chi connectivity index (χ1n) is 6.42. The van der Waals surface area contributed by atoms with E-state index < -0.39 is 0 Å². The number of nitrogens with zero attached hydrogens (tertiary/aromatic N) is 2. The highest BCUT2D eigenvalue weighted by molar-refractivity contribution is 5.91. The standard InChI is InChI=1S/C15H21N2/c1-15(2)13-12-8-6-5-7-11(12)9-10-17(13)14(15)16(3)4/h5-8,13H,9-10H2,1-4H3/q+1. The average molecular weight is 229 g/mol. The van der Waals surface area contributed by atoms with Crippen LogP contribution in [0.15, 0.2) is 24.3 Å². The average Bonchev–Trinajstić information content (AvgIpc) is 2.26. The van der Waals surface area contributed by atoms with E-state index >= 15 is 0 Å². The van der Waals surface area contributed by atoms with Gasteiger partial charge in [0.2, 0.25) is 0 Å². The molecule has 0 N–H and O–H groups in total. The van der Waals surface area contributed by atoms with Crippen molar-refractivity contribution in [3.63, 3.8) is 0 Å². The van der Waals surface area contributed by atoms with Crippen molar-refractivity contribution in [2.24, 2.45) is 5.41 Å². The summed E-state index contributed by atoms with van der Waals surface area (Å²) in [6.45, 7) is 5.90. The van der Waals surface area contributed by atoms with Gasteiger partial charge in [0.15, 0.2) is 0 Å². The summed E-state index contributed by atoms with van der Waals surface area (Å²) in [5.74, 6) is 1.48. The molecule has 0 radical (unpaired) electrons. The summed E-state index contributed by atoms with van der Waals surface area (Å²) in [4.78, 5) is 2.57. The maximum atomic E-state index is 2.57. The largest absolute Gasteiger partial charge is 0.270 e. The molecule has 3 rings (SSSR count). The lowest BCUT2D eigenvalue weighted by Crippen LogP contribution is -2.65. The summed E-state index contributed by atoms with van der Waals surface area (Å²) in [5.41, 5.74) is 3.34. The third kappa shape index (κ3) is 1.30. The van der Waals surface area contributed by atoms with E-state index in [9.17, 15) is 0 Å². The van der Waals surface area contributed by atoms with Crippen molar-refractivity contribution < 1.29 is 4.58 Å². The summed E-state index contributed by atoms with van der Waals surface area (Å²) < 4.78 is 2.28. The van der Waals surface area contributed by atoms with E-state index in [-0.39, 0.29) is 5.41 Å². The van der Waals surface area contributed by atoms with Crippen LogP contribution in [0.1, 0.15) is 31.0 Å². The number of benzene rings is 1. The fourth-order valence-electron chi connectivity index (χ4n) is 3.83. The Kier molecular flexibility index (Phi) is 2.13. The Morgan fingerprint density at radius 2 is 1.94 bits per heavy atom. The van der Waals surface area contributed by atoms with Gasteiger partial charge >= 0.3 is 0 Å². The zero-order chi connectivity index (χ0) is 12.2. The van der Waals surface area contributed by atoms with Gasteiger partial charge < -0.3 is 0 Å². The van der Waals surface area contributed by atoms with Gasteiger partial charge in [0.1, 0.15) is 11.5 Å². The van der Waals surface area contributed by atoms with Crippen LogP contribution in [0.5, 0.6) is 0 Å². The SMILES string of the molecule is C[N+](C)=C1N2CCc3ccccc3C2C1(C)C. The first kappa shape index (κ1) is 10.8. The van der Waals surface area contributed by atoms with Crippen molar-refractivity contribution in [3.05, 3.63) is 35.4 Å². The molecular weight excluding hydrogens is 208 g/mol. The van der Waals surface area contributed by atoms with Crippen LogP contribution < -0.4 is 0 Å². The molecule has 1 aromatic carbocycles. The van der Waals surface area contributed by atoms with Gasteiger partial charge in [0.25, 0.3) is 5.84 Å². The Balaban J connectivity index is 2.10. The zero-order valence-electron chi connectivity index (χ0n) is 11.2. The number of hydrogen-bond acceptors (Lipinski definition) is 0. The van der Waals surface area contributed by atoms with Crippen LogP contribution >= 0.6 is 0 Å². The number of hydrogen-bond donors (Lipinski definition) is 0. The second-order valence-corrected chi connectivity index (χ2v) is 5.98. The van der Waals surface area contributed by atoms with Gasteiger partial charge in [0, 0.05) is 12.0 Å². The van der Waals surface area contributed by atoms with Crippen LogP contribution in [0.4, 0.5) is 0 Å². The molecule has 0 saturated carbocycles. The van der Waals surface area contributed by atoms with Crippen LogP contribution in [0.2, 0.25) is 0 Å². The monoisotopic (exact) mass is 229 g/mol. The van der Waals surface area contributed by atoms with Crippen LogP contribution in [0, 0.1) is 5.41 Å². The number of fused-ring (bicyclic) bond motifs is 3. The summed E-state index contributed by atoms with van der Waals surface area (Å²) >= 11 is 0. The summed E-state index contributed by atoms with van der Waals surface area (Å²) in [7, 11) is 4.32. The summed E-state index contributed by atoms with van der Waals surface area (Å²) in [6, 6.07) is 9.50. The number of amidine groups is 1. The third-order valence-corrected chi connectivity index (χ3v) is 4.24. The van der Waals surface area contributed by atoms with Gasteiger partial charge in [-0.05, 0) is 19.4 Å². The van der Waals surface area contributed by atoms with E-state index in [2.05, 4.69) is 61.7 Å². The van der Waals surface area contributed by atoms with Gasteiger partial charge in [-0.25, -0.2) is 0 Å².